The highest BCUT2D eigenvalue weighted by atomic mass is 16.1. The molecule has 2 rings (SSSR count). The lowest BCUT2D eigenvalue weighted by Crippen LogP contribution is -2.28. The van der Waals surface area contributed by atoms with Gasteiger partial charge in [-0.15, -0.1) is 0 Å². The van der Waals surface area contributed by atoms with Gasteiger partial charge >= 0.3 is 0 Å². The number of nitrogens with one attached hydrogen (secondary N) is 2. The van der Waals surface area contributed by atoms with Crippen LogP contribution in [0.4, 0.5) is 0 Å². The molecule has 2 aromatic rings. The molecule has 1 aromatic carbocycles. The fraction of sp³-hybridized carbons (Fsp3) is 0.294. The molecule has 4 heteroatoms. The van der Waals surface area contributed by atoms with Crippen molar-refractivity contribution in [2.75, 3.05) is 0 Å². The van der Waals surface area contributed by atoms with Crippen molar-refractivity contribution in [3.05, 3.63) is 69.1 Å². The molecule has 0 aliphatic carbocycles. The third-order valence-corrected chi connectivity index (χ3v) is 3.44. The van der Waals surface area contributed by atoms with Crippen molar-refractivity contribution in [1.82, 2.24) is 10.3 Å². The van der Waals surface area contributed by atoms with E-state index in [9.17, 15) is 9.59 Å². The Balaban J connectivity index is 1.89. The van der Waals surface area contributed by atoms with Gasteiger partial charge in [0.1, 0.15) is 0 Å². The summed E-state index contributed by atoms with van der Waals surface area (Å²) in [6.45, 7) is 4.00. The minimum absolute atomic E-state index is 0.0433. The van der Waals surface area contributed by atoms with Crippen molar-refractivity contribution in [2.45, 2.75) is 33.2 Å². The number of aromatic amines is 1. The van der Waals surface area contributed by atoms with E-state index < -0.39 is 0 Å². The largest absolute Gasteiger partial charge is 0.352 e. The van der Waals surface area contributed by atoms with Crippen LogP contribution < -0.4 is 10.9 Å². The van der Waals surface area contributed by atoms with Crippen molar-refractivity contribution >= 4 is 5.91 Å². The predicted octanol–water partition coefficient (Wildman–Crippen LogP) is 2.24. The average molecular weight is 284 g/mol. The molecule has 0 radical (unpaired) electrons. The van der Waals surface area contributed by atoms with E-state index in [4.69, 9.17) is 0 Å². The highest BCUT2D eigenvalue weighted by molar-refractivity contribution is 5.76. The van der Waals surface area contributed by atoms with Gasteiger partial charge in [0.15, 0.2) is 0 Å². The molecule has 0 spiro atoms. The van der Waals surface area contributed by atoms with Crippen molar-refractivity contribution in [2.24, 2.45) is 0 Å². The fourth-order valence-electron chi connectivity index (χ4n) is 2.28. The maximum atomic E-state index is 11.9. The number of H-pyrrole nitrogens is 1. The van der Waals surface area contributed by atoms with Gasteiger partial charge < -0.3 is 10.3 Å². The first kappa shape index (κ1) is 15.0. The fourth-order valence-corrected chi connectivity index (χ4v) is 2.28. The van der Waals surface area contributed by atoms with Gasteiger partial charge in [0.25, 0.3) is 5.56 Å². The lowest BCUT2D eigenvalue weighted by atomic mass is 10.1. The number of amides is 1. The molecule has 0 bridgehead atoms. The Hall–Kier alpha value is -2.36. The first-order chi connectivity index (χ1) is 10.1. The van der Waals surface area contributed by atoms with Crippen LogP contribution in [0.1, 0.15) is 28.8 Å². The van der Waals surface area contributed by atoms with Crippen molar-refractivity contribution in [3.63, 3.8) is 0 Å². The van der Waals surface area contributed by atoms with E-state index in [2.05, 4.69) is 10.3 Å². The summed E-state index contributed by atoms with van der Waals surface area (Å²) in [5.74, 6) is -0.0433. The Kier molecular flexibility index (Phi) is 4.93. The van der Waals surface area contributed by atoms with Crippen molar-refractivity contribution in [3.8, 4) is 0 Å². The van der Waals surface area contributed by atoms with Gasteiger partial charge in [-0.3, -0.25) is 9.59 Å². The zero-order valence-corrected chi connectivity index (χ0v) is 12.4. The van der Waals surface area contributed by atoms with Gasteiger partial charge in [-0.2, -0.15) is 0 Å². The second kappa shape index (κ2) is 6.88. The molecule has 0 aliphatic heterocycles. The quantitative estimate of drug-likeness (QED) is 0.884. The predicted molar refractivity (Wildman–Crippen MR) is 83.1 cm³/mol. The Morgan fingerprint density at radius 3 is 2.57 bits per heavy atom. The molecule has 0 fully saturated rings. The van der Waals surface area contributed by atoms with Crippen molar-refractivity contribution < 1.29 is 4.79 Å². The molecule has 2 N–H and O–H groups in total. The van der Waals surface area contributed by atoms with E-state index >= 15 is 0 Å². The summed E-state index contributed by atoms with van der Waals surface area (Å²) >= 11 is 0. The van der Waals surface area contributed by atoms with Gasteiger partial charge in [0.05, 0.1) is 0 Å². The number of aryl methyl sites for hydroxylation is 3. The van der Waals surface area contributed by atoms with E-state index in [0.29, 0.717) is 18.4 Å². The first-order valence-corrected chi connectivity index (χ1v) is 7.06. The van der Waals surface area contributed by atoms with Crippen LogP contribution in [0.25, 0.3) is 0 Å². The van der Waals surface area contributed by atoms with Gasteiger partial charge in [-0.05, 0) is 37.5 Å². The number of benzene rings is 1. The van der Waals surface area contributed by atoms with Gasteiger partial charge in [0, 0.05) is 24.2 Å². The highest BCUT2D eigenvalue weighted by Gasteiger charge is 2.07. The Bertz CT molecular complexity index is 675. The maximum absolute atomic E-state index is 11.9. The molecule has 0 saturated carbocycles. The average Bonchev–Trinajstić information content (AvgIpc) is 2.45. The summed E-state index contributed by atoms with van der Waals surface area (Å²) in [6.07, 6.45) is 1.13. The van der Waals surface area contributed by atoms with Crippen LogP contribution in [-0.4, -0.2) is 10.9 Å². The van der Waals surface area contributed by atoms with Crippen LogP contribution >= 0.6 is 0 Å². The number of pyridine rings is 1. The second-order valence-electron chi connectivity index (χ2n) is 5.21. The van der Waals surface area contributed by atoms with E-state index in [1.165, 1.54) is 0 Å². The third-order valence-electron chi connectivity index (χ3n) is 3.44. The second-order valence-corrected chi connectivity index (χ2v) is 5.21. The van der Waals surface area contributed by atoms with Crippen LogP contribution in [0, 0.1) is 13.8 Å². The molecule has 21 heavy (non-hydrogen) atoms. The Morgan fingerprint density at radius 1 is 1.19 bits per heavy atom. The standard InChI is InChI=1S/C17H20N2O2/c1-12-10-13(2)19-17(21)15(12)11-18-16(20)9-8-14-6-4-3-5-7-14/h3-7,10H,8-9,11H2,1-2H3,(H,18,20)(H,19,21). The van der Waals surface area contributed by atoms with E-state index in [1.807, 2.05) is 50.2 Å². The molecule has 4 nitrogen and oxygen atoms in total. The molecule has 0 atom stereocenters. The molecular weight excluding hydrogens is 264 g/mol. The number of carbonyl (C=O) groups is 1. The normalized spacial score (nSPS) is 10.4. The first-order valence-electron chi connectivity index (χ1n) is 7.06. The molecule has 0 saturated heterocycles. The number of rotatable bonds is 5. The van der Waals surface area contributed by atoms with E-state index in [0.717, 1.165) is 16.8 Å². The van der Waals surface area contributed by atoms with Crippen LogP contribution in [0.15, 0.2) is 41.2 Å². The van der Waals surface area contributed by atoms with Gasteiger partial charge in [-0.1, -0.05) is 30.3 Å². The number of hydrogen-bond donors (Lipinski definition) is 2. The molecule has 0 aliphatic rings. The summed E-state index contributed by atoms with van der Waals surface area (Å²) in [6, 6.07) is 11.8. The summed E-state index contributed by atoms with van der Waals surface area (Å²) in [5.41, 5.74) is 3.36. The van der Waals surface area contributed by atoms with Crippen LogP contribution in [0.3, 0.4) is 0 Å². The minimum atomic E-state index is -0.129. The summed E-state index contributed by atoms with van der Waals surface area (Å²) in [7, 11) is 0. The zero-order chi connectivity index (χ0) is 15.2. The Morgan fingerprint density at radius 2 is 1.90 bits per heavy atom. The SMILES string of the molecule is Cc1cc(C)c(CNC(=O)CCc2ccccc2)c(=O)[nH]1. The molecule has 1 heterocycles. The molecule has 0 unspecified atom stereocenters. The van der Waals surface area contributed by atoms with E-state index in [1.54, 1.807) is 0 Å². The van der Waals surface area contributed by atoms with E-state index in [-0.39, 0.29) is 18.0 Å². The topological polar surface area (TPSA) is 62.0 Å². The lowest BCUT2D eigenvalue weighted by Gasteiger charge is -2.08. The smallest absolute Gasteiger partial charge is 0.253 e. The third kappa shape index (κ3) is 4.31. The van der Waals surface area contributed by atoms with Gasteiger partial charge in [0.2, 0.25) is 5.91 Å². The molecular formula is C17H20N2O2. The van der Waals surface area contributed by atoms with Crippen molar-refractivity contribution in [1.29, 1.82) is 0 Å². The summed E-state index contributed by atoms with van der Waals surface area (Å²) in [4.78, 5) is 26.5. The molecule has 1 aromatic heterocycles. The highest BCUT2D eigenvalue weighted by Crippen LogP contribution is 2.04. The molecule has 1 amide bonds. The van der Waals surface area contributed by atoms with Crippen LogP contribution in [-0.2, 0) is 17.8 Å². The lowest BCUT2D eigenvalue weighted by molar-refractivity contribution is -0.121. The summed E-state index contributed by atoms with van der Waals surface area (Å²) < 4.78 is 0. The molecule has 110 valence electrons. The zero-order valence-electron chi connectivity index (χ0n) is 12.4. The summed E-state index contributed by atoms with van der Waals surface area (Å²) in [5, 5.41) is 2.81. The maximum Gasteiger partial charge on any atom is 0.253 e. The number of aromatic nitrogens is 1. The van der Waals surface area contributed by atoms with Crippen LogP contribution in [0.5, 0.6) is 0 Å². The number of hydrogen-bond acceptors (Lipinski definition) is 2. The van der Waals surface area contributed by atoms with Gasteiger partial charge in [-0.25, -0.2) is 0 Å². The monoisotopic (exact) mass is 284 g/mol. The minimum Gasteiger partial charge on any atom is -0.352 e. The number of carbonyl (C=O) groups excluding carboxylic acids is 1. The van der Waals surface area contributed by atoms with Crippen LogP contribution in [0.2, 0.25) is 0 Å². The Labute approximate surface area is 124 Å².